The van der Waals surface area contributed by atoms with E-state index in [-0.39, 0.29) is 10.6 Å². The quantitative estimate of drug-likeness (QED) is 0.605. The maximum atomic E-state index is 11.3. The Bertz CT molecular complexity index is 433. The second-order valence-corrected chi connectivity index (χ2v) is 5.13. The Kier molecular flexibility index (Phi) is 5.60. The Labute approximate surface area is 114 Å². The molecule has 0 saturated carbocycles. The summed E-state index contributed by atoms with van der Waals surface area (Å²) in [6.07, 6.45) is 0.934. The van der Waals surface area contributed by atoms with Crippen molar-refractivity contribution in [3.05, 3.63) is 28.3 Å². The van der Waals surface area contributed by atoms with Crippen molar-refractivity contribution in [2.24, 2.45) is 5.92 Å². The van der Waals surface area contributed by atoms with Gasteiger partial charge in [0, 0.05) is 20.1 Å². The summed E-state index contributed by atoms with van der Waals surface area (Å²) in [5.41, 5.74) is 1.43. The first-order chi connectivity index (χ1) is 8.97. The van der Waals surface area contributed by atoms with Gasteiger partial charge >= 0.3 is 5.69 Å². The summed E-state index contributed by atoms with van der Waals surface area (Å²) in [4.78, 5) is 13.0. The van der Waals surface area contributed by atoms with E-state index in [0.29, 0.717) is 17.3 Å². The lowest BCUT2D eigenvalue weighted by molar-refractivity contribution is -0.383. The minimum absolute atomic E-state index is 0.166. The largest absolute Gasteiger partial charge is 0.379 e. The summed E-state index contributed by atoms with van der Waals surface area (Å²) >= 11 is 0. The van der Waals surface area contributed by atoms with E-state index in [4.69, 9.17) is 0 Å². The topological polar surface area (TPSA) is 58.4 Å². The molecule has 0 aliphatic rings. The van der Waals surface area contributed by atoms with Gasteiger partial charge in [-0.3, -0.25) is 10.1 Å². The third kappa shape index (κ3) is 4.12. The molecule has 0 amide bonds. The molecule has 0 aliphatic carbocycles. The Morgan fingerprint density at radius 2 is 2.11 bits per heavy atom. The van der Waals surface area contributed by atoms with Gasteiger partial charge in [-0.1, -0.05) is 26.8 Å². The molecule has 0 aliphatic heterocycles. The number of nitrogens with zero attached hydrogens (tertiary/aromatic N) is 2. The van der Waals surface area contributed by atoms with Crippen LogP contribution >= 0.6 is 0 Å². The molecule has 0 unspecified atom stereocenters. The normalized spacial score (nSPS) is 10.6. The molecule has 0 atom stereocenters. The molecule has 0 spiro atoms. The number of nitro benzene ring substituents is 1. The molecule has 0 fully saturated rings. The fourth-order valence-electron chi connectivity index (χ4n) is 2.08. The molecule has 1 aromatic rings. The second kappa shape index (κ2) is 6.97. The van der Waals surface area contributed by atoms with Crippen molar-refractivity contribution in [2.45, 2.75) is 27.2 Å². The third-order valence-electron chi connectivity index (χ3n) is 2.81. The molecule has 0 bridgehead atoms. The minimum atomic E-state index is -0.301. The summed E-state index contributed by atoms with van der Waals surface area (Å²) < 4.78 is 0. The van der Waals surface area contributed by atoms with Crippen LogP contribution in [0, 0.1) is 16.0 Å². The van der Waals surface area contributed by atoms with E-state index in [1.807, 2.05) is 24.9 Å². The van der Waals surface area contributed by atoms with Crippen LogP contribution in [0.1, 0.15) is 27.2 Å². The number of nitro groups is 1. The molecule has 0 heterocycles. The van der Waals surface area contributed by atoms with Crippen molar-refractivity contribution >= 4 is 17.1 Å². The van der Waals surface area contributed by atoms with Crippen LogP contribution in [0.2, 0.25) is 0 Å². The molecule has 106 valence electrons. The fraction of sp³-hybridized carbons (Fsp3) is 0.571. The average Bonchev–Trinajstić information content (AvgIpc) is 2.34. The summed E-state index contributed by atoms with van der Waals surface area (Å²) in [5.74, 6) is 0.455. The summed E-state index contributed by atoms with van der Waals surface area (Å²) in [6, 6.07) is 5.43. The van der Waals surface area contributed by atoms with Crippen LogP contribution in [-0.2, 0) is 0 Å². The monoisotopic (exact) mass is 265 g/mol. The lowest BCUT2D eigenvalue weighted by Gasteiger charge is -2.22. The molecule has 1 rings (SSSR count). The summed E-state index contributed by atoms with van der Waals surface area (Å²) in [6.45, 7) is 7.76. The summed E-state index contributed by atoms with van der Waals surface area (Å²) in [7, 11) is 1.89. The highest BCUT2D eigenvalue weighted by Crippen LogP contribution is 2.35. The average molecular weight is 265 g/mol. The van der Waals surface area contributed by atoms with Gasteiger partial charge in [-0.25, -0.2) is 0 Å². The standard InChI is InChI=1S/C14H23N3O2/c1-5-9-15-12-7-6-8-13(14(12)17(18)19)16(4)10-11(2)3/h6-8,11,15H,5,9-10H2,1-4H3. The zero-order valence-electron chi connectivity index (χ0n) is 12.1. The van der Waals surface area contributed by atoms with Crippen LogP contribution in [0.4, 0.5) is 17.1 Å². The van der Waals surface area contributed by atoms with Gasteiger partial charge in [0.15, 0.2) is 0 Å². The number of anilines is 2. The number of hydrogen-bond donors (Lipinski definition) is 1. The zero-order chi connectivity index (χ0) is 14.4. The molecule has 0 radical (unpaired) electrons. The van der Waals surface area contributed by atoms with Gasteiger partial charge in [0.05, 0.1) is 4.92 Å². The maximum Gasteiger partial charge on any atom is 0.315 e. The first-order valence-corrected chi connectivity index (χ1v) is 6.69. The van der Waals surface area contributed by atoms with E-state index in [1.54, 1.807) is 12.1 Å². The molecule has 5 nitrogen and oxygen atoms in total. The molecule has 0 saturated heterocycles. The van der Waals surface area contributed by atoms with Crippen LogP contribution in [0.15, 0.2) is 18.2 Å². The zero-order valence-corrected chi connectivity index (χ0v) is 12.1. The van der Waals surface area contributed by atoms with Crippen LogP contribution < -0.4 is 10.2 Å². The van der Waals surface area contributed by atoms with Crippen molar-refractivity contribution in [1.29, 1.82) is 0 Å². The van der Waals surface area contributed by atoms with Crippen LogP contribution in [-0.4, -0.2) is 25.1 Å². The number of hydrogen-bond acceptors (Lipinski definition) is 4. The smallest absolute Gasteiger partial charge is 0.315 e. The molecule has 1 N–H and O–H groups in total. The van der Waals surface area contributed by atoms with Gasteiger partial charge in [-0.15, -0.1) is 0 Å². The minimum Gasteiger partial charge on any atom is -0.379 e. The van der Waals surface area contributed by atoms with Crippen LogP contribution in [0.3, 0.4) is 0 Å². The highest BCUT2D eigenvalue weighted by molar-refractivity contribution is 5.76. The van der Waals surface area contributed by atoms with Crippen molar-refractivity contribution in [2.75, 3.05) is 30.4 Å². The van der Waals surface area contributed by atoms with Gasteiger partial charge in [0.25, 0.3) is 0 Å². The number of para-hydroxylation sites is 1. The van der Waals surface area contributed by atoms with Crippen LogP contribution in [0.5, 0.6) is 0 Å². The third-order valence-corrected chi connectivity index (χ3v) is 2.81. The molecule has 0 aromatic heterocycles. The van der Waals surface area contributed by atoms with Crippen LogP contribution in [0.25, 0.3) is 0 Å². The highest BCUT2D eigenvalue weighted by atomic mass is 16.6. The maximum absolute atomic E-state index is 11.3. The van der Waals surface area contributed by atoms with Crippen molar-refractivity contribution < 1.29 is 4.92 Å². The van der Waals surface area contributed by atoms with E-state index in [9.17, 15) is 10.1 Å². The molecule has 5 heteroatoms. The molecule has 19 heavy (non-hydrogen) atoms. The Balaban J connectivity index is 3.12. The van der Waals surface area contributed by atoms with Crippen molar-refractivity contribution in [1.82, 2.24) is 0 Å². The number of nitrogens with one attached hydrogen (secondary N) is 1. The van der Waals surface area contributed by atoms with E-state index < -0.39 is 0 Å². The van der Waals surface area contributed by atoms with Gasteiger partial charge in [0.1, 0.15) is 11.4 Å². The van der Waals surface area contributed by atoms with Gasteiger partial charge < -0.3 is 10.2 Å². The Morgan fingerprint density at radius 3 is 2.63 bits per heavy atom. The highest BCUT2D eigenvalue weighted by Gasteiger charge is 2.22. The predicted octanol–water partition coefficient (Wildman–Crippen LogP) is 3.51. The molecular weight excluding hydrogens is 242 g/mol. The number of rotatable bonds is 7. The van der Waals surface area contributed by atoms with Gasteiger partial charge in [0.2, 0.25) is 0 Å². The van der Waals surface area contributed by atoms with Crippen molar-refractivity contribution in [3.8, 4) is 0 Å². The molecular formula is C14H23N3O2. The van der Waals surface area contributed by atoms with Gasteiger partial charge in [-0.2, -0.15) is 0 Å². The first-order valence-electron chi connectivity index (χ1n) is 6.69. The molecule has 1 aromatic carbocycles. The Hall–Kier alpha value is -1.78. The van der Waals surface area contributed by atoms with Gasteiger partial charge in [-0.05, 0) is 24.5 Å². The Morgan fingerprint density at radius 1 is 1.42 bits per heavy atom. The van der Waals surface area contributed by atoms with E-state index in [0.717, 1.165) is 19.5 Å². The van der Waals surface area contributed by atoms with Crippen molar-refractivity contribution in [3.63, 3.8) is 0 Å². The van der Waals surface area contributed by atoms with E-state index >= 15 is 0 Å². The van der Waals surface area contributed by atoms with E-state index in [2.05, 4.69) is 19.2 Å². The predicted molar refractivity (Wildman–Crippen MR) is 80.0 cm³/mol. The fourth-order valence-corrected chi connectivity index (χ4v) is 2.08. The first kappa shape index (κ1) is 15.3. The number of benzene rings is 1. The lowest BCUT2D eigenvalue weighted by atomic mass is 10.1. The lowest BCUT2D eigenvalue weighted by Crippen LogP contribution is -2.23. The second-order valence-electron chi connectivity index (χ2n) is 5.13. The van der Waals surface area contributed by atoms with E-state index in [1.165, 1.54) is 0 Å². The summed E-state index contributed by atoms with van der Waals surface area (Å²) in [5, 5.41) is 14.5. The SMILES string of the molecule is CCCNc1cccc(N(C)CC(C)C)c1[N+](=O)[O-].